The zero-order valence-electron chi connectivity index (χ0n) is 14.6. The third-order valence-electron chi connectivity index (χ3n) is 4.19. The summed E-state index contributed by atoms with van der Waals surface area (Å²) >= 11 is 1.66. The first kappa shape index (κ1) is 18.5. The number of amides is 1. The van der Waals surface area contributed by atoms with Crippen molar-refractivity contribution in [2.24, 2.45) is 0 Å². The van der Waals surface area contributed by atoms with Gasteiger partial charge >= 0.3 is 0 Å². The minimum absolute atomic E-state index is 0.0790. The molecule has 1 aromatic carbocycles. The Kier molecular flexibility index (Phi) is 7.28. The average molecular weight is 346 g/mol. The van der Waals surface area contributed by atoms with Crippen LogP contribution in [0, 0.1) is 0 Å². The van der Waals surface area contributed by atoms with Gasteiger partial charge in [0, 0.05) is 4.88 Å². The highest BCUT2D eigenvalue weighted by molar-refractivity contribution is 7.09. The molecule has 1 atom stereocenters. The molecular formula is C19H26N2O2S. The van der Waals surface area contributed by atoms with Gasteiger partial charge in [-0.05, 0) is 62.5 Å². The van der Waals surface area contributed by atoms with Crippen LogP contribution in [0.2, 0.25) is 0 Å². The van der Waals surface area contributed by atoms with Crippen molar-refractivity contribution in [2.75, 3.05) is 20.7 Å². The fraction of sp³-hybridized carbons (Fsp3) is 0.421. The molecule has 1 aromatic heterocycles. The van der Waals surface area contributed by atoms with Crippen LogP contribution in [-0.2, 0) is 17.8 Å². The molecule has 1 unspecified atom stereocenters. The molecule has 2 rings (SSSR count). The summed E-state index contributed by atoms with van der Waals surface area (Å²) in [5, 5.41) is 5.03. The van der Waals surface area contributed by atoms with E-state index in [0.29, 0.717) is 6.54 Å². The van der Waals surface area contributed by atoms with E-state index in [4.69, 9.17) is 4.74 Å². The van der Waals surface area contributed by atoms with Crippen LogP contribution in [0.3, 0.4) is 0 Å². The van der Waals surface area contributed by atoms with Crippen molar-refractivity contribution in [1.29, 1.82) is 0 Å². The van der Waals surface area contributed by atoms with Crippen molar-refractivity contribution < 1.29 is 9.53 Å². The summed E-state index contributed by atoms with van der Waals surface area (Å²) in [6.45, 7) is 3.46. The molecule has 0 radical (unpaired) electrons. The Bertz CT molecular complexity index is 611. The second-order valence-electron chi connectivity index (χ2n) is 5.91. The fourth-order valence-corrected chi connectivity index (χ4v) is 3.10. The number of hydrogen-bond acceptors (Lipinski definition) is 4. The minimum atomic E-state index is -0.124. The SMILES string of the molecule is COc1ccc(CCCN(C)C(C)C(=O)NCc2cccs2)cc1. The van der Waals surface area contributed by atoms with Gasteiger partial charge in [-0.1, -0.05) is 18.2 Å². The molecule has 4 nitrogen and oxygen atoms in total. The molecule has 1 amide bonds. The topological polar surface area (TPSA) is 41.6 Å². The van der Waals surface area contributed by atoms with Gasteiger partial charge in [0.25, 0.3) is 0 Å². The second kappa shape index (κ2) is 9.45. The number of rotatable bonds is 9. The number of benzene rings is 1. The lowest BCUT2D eigenvalue weighted by Gasteiger charge is -2.23. The maximum Gasteiger partial charge on any atom is 0.237 e. The van der Waals surface area contributed by atoms with Crippen molar-refractivity contribution in [3.05, 3.63) is 52.2 Å². The first-order chi connectivity index (χ1) is 11.6. The third-order valence-corrected chi connectivity index (χ3v) is 5.07. The first-order valence-corrected chi connectivity index (χ1v) is 9.11. The van der Waals surface area contributed by atoms with Crippen LogP contribution in [0.4, 0.5) is 0 Å². The van der Waals surface area contributed by atoms with Crippen molar-refractivity contribution in [3.63, 3.8) is 0 Å². The van der Waals surface area contributed by atoms with E-state index in [2.05, 4.69) is 22.3 Å². The molecule has 0 aliphatic rings. The summed E-state index contributed by atoms with van der Waals surface area (Å²) in [5.41, 5.74) is 1.29. The Morgan fingerprint density at radius 1 is 1.29 bits per heavy atom. The van der Waals surface area contributed by atoms with E-state index in [1.165, 1.54) is 10.4 Å². The van der Waals surface area contributed by atoms with E-state index in [1.807, 2.05) is 43.6 Å². The highest BCUT2D eigenvalue weighted by Gasteiger charge is 2.17. The number of hydrogen-bond donors (Lipinski definition) is 1. The van der Waals surface area contributed by atoms with Crippen molar-refractivity contribution >= 4 is 17.2 Å². The van der Waals surface area contributed by atoms with E-state index in [1.54, 1.807) is 18.4 Å². The lowest BCUT2D eigenvalue weighted by atomic mass is 10.1. The van der Waals surface area contributed by atoms with Crippen LogP contribution in [0.25, 0.3) is 0 Å². The van der Waals surface area contributed by atoms with Crippen LogP contribution in [-0.4, -0.2) is 37.6 Å². The summed E-state index contributed by atoms with van der Waals surface area (Å²) < 4.78 is 5.17. The summed E-state index contributed by atoms with van der Waals surface area (Å²) in [6.07, 6.45) is 2.02. The Labute approximate surface area is 148 Å². The molecule has 0 saturated carbocycles. The van der Waals surface area contributed by atoms with E-state index >= 15 is 0 Å². The molecule has 1 heterocycles. The number of carbonyl (C=O) groups excluding carboxylic acids is 1. The molecule has 24 heavy (non-hydrogen) atoms. The molecule has 0 spiro atoms. The van der Waals surface area contributed by atoms with Crippen LogP contribution < -0.4 is 10.1 Å². The normalized spacial score (nSPS) is 12.2. The fourth-order valence-electron chi connectivity index (χ4n) is 2.45. The number of likely N-dealkylation sites (N-methyl/N-ethyl adjacent to an activating group) is 1. The second-order valence-corrected chi connectivity index (χ2v) is 6.94. The number of nitrogens with one attached hydrogen (secondary N) is 1. The summed E-state index contributed by atoms with van der Waals surface area (Å²) in [4.78, 5) is 15.5. The van der Waals surface area contributed by atoms with Gasteiger partial charge in [-0.15, -0.1) is 11.3 Å². The molecule has 1 N–H and O–H groups in total. The number of methoxy groups -OCH3 is 1. The van der Waals surface area contributed by atoms with Gasteiger partial charge in [0.1, 0.15) is 5.75 Å². The number of thiophene rings is 1. The molecule has 0 fully saturated rings. The molecule has 0 saturated heterocycles. The molecule has 0 aliphatic heterocycles. The maximum absolute atomic E-state index is 12.2. The van der Waals surface area contributed by atoms with E-state index in [0.717, 1.165) is 25.1 Å². The predicted octanol–water partition coefficient (Wildman–Crippen LogP) is 3.33. The molecule has 2 aromatic rings. The zero-order chi connectivity index (χ0) is 17.4. The minimum Gasteiger partial charge on any atom is -0.497 e. The number of carbonyl (C=O) groups is 1. The van der Waals surface area contributed by atoms with Crippen molar-refractivity contribution in [1.82, 2.24) is 10.2 Å². The van der Waals surface area contributed by atoms with Crippen molar-refractivity contribution in [3.8, 4) is 5.75 Å². The van der Waals surface area contributed by atoms with Gasteiger partial charge < -0.3 is 10.1 Å². The van der Waals surface area contributed by atoms with Crippen LogP contribution in [0.1, 0.15) is 23.8 Å². The van der Waals surface area contributed by atoms with Gasteiger partial charge in [-0.3, -0.25) is 9.69 Å². The van der Waals surface area contributed by atoms with E-state index in [9.17, 15) is 4.79 Å². The summed E-state index contributed by atoms with van der Waals surface area (Å²) in [6, 6.07) is 12.1. The lowest BCUT2D eigenvalue weighted by Crippen LogP contribution is -2.43. The van der Waals surface area contributed by atoms with Gasteiger partial charge in [0.2, 0.25) is 5.91 Å². The molecule has 0 bridgehead atoms. The Morgan fingerprint density at radius 2 is 2.04 bits per heavy atom. The molecule has 5 heteroatoms. The molecule has 130 valence electrons. The zero-order valence-corrected chi connectivity index (χ0v) is 15.4. The first-order valence-electron chi connectivity index (χ1n) is 8.23. The Hall–Kier alpha value is -1.85. The highest BCUT2D eigenvalue weighted by atomic mass is 32.1. The maximum atomic E-state index is 12.2. The lowest BCUT2D eigenvalue weighted by molar-refractivity contribution is -0.125. The predicted molar refractivity (Wildman–Crippen MR) is 99.6 cm³/mol. The van der Waals surface area contributed by atoms with Crippen molar-refractivity contribution in [2.45, 2.75) is 32.4 Å². The number of ether oxygens (including phenoxy) is 1. The standard InChI is InChI=1S/C19H26N2O2S/c1-15(19(22)20-14-18-7-5-13-24-18)21(2)12-4-6-16-8-10-17(23-3)11-9-16/h5,7-11,13,15H,4,6,12,14H2,1-3H3,(H,20,22). The summed E-state index contributed by atoms with van der Waals surface area (Å²) in [7, 11) is 3.68. The summed E-state index contributed by atoms with van der Waals surface area (Å²) in [5.74, 6) is 0.960. The molecular weight excluding hydrogens is 320 g/mol. The number of aryl methyl sites for hydroxylation is 1. The van der Waals surface area contributed by atoms with E-state index < -0.39 is 0 Å². The molecule has 0 aliphatic carbocycles. The van der Waals surface area contributed by atoms with Crippen LogP contribution in [0.5, 0.6) is 5.75 Å². The highest BCUT2D eigenvalue weighted by Crippen LogP contribution is 2.13. The van der Waals surface area contributed by atoms with Gasteiger partial charge in [0.15, 0.2) is 0 Å². The smallest absolute Gasteiger partial charge is 0.237 e. The quantitative estimate of drug-likeness (QED) is 0.757. The van der Waals surface area contributed by atoms with Crippen LogP contribution in [0.15, 0.2) is 41.8 Å². The van der Waals surface area contributed by atoms with Gasteiger partial charge in [-0.2, -0.15) is 0 Å². The number of nitrogens with zero attached hydrogens (tertiary/aromatic N) is 1. The van der Waals surface area contributed by atoms with Gasteiger partial charge in [0.05, 0.1) is 19.7 Å². The van der Waals surface area contributed by atoms with Gasteiger partial charge in [-0.25, -0.2) is 0 Å². The monoisotopic (exact) mass is 346 g/mol. The van der Waals surface area contributed by atoms with Crippen LogP contribution >= 0.6 is 11.3 Å². The average Bonchev–Trinajstić information content (AvgIpc) is 3.13. The largest absolute Gasteiger partial charge is 0.497 e. The Balaban J connectivity index is 1.70. The third kappa shape index (κ3) is 5.65. The Morgan fingerprint density at radius 3 is 2.67 bits per heavy atom. The van der Waals surface area contributed by atoms with E-state index in [-0.39, 0.29) is 11.9 Å².